The van der Waals surface area contributed by atoms with Crippen molar-refractivity contribution >= 4 is 34.9 Å². The fourth-order valence-electron chi connectivity index (χ4n) is 2.67. The summed E-state index contributed by atoms with van der Waals surface area (Å²) in [5.41, 5.74) is 3.00. The summed E-state index contributed by atoms with van der Waals surface area (Å²) in [5.74, 6) is 0. The molecule has 1 aromatic heterocycles. The lowest BCUT2D eigenvalue weighted by molar-refractivity contribution is 0.937. The maximum absolute atomic E-state index is 12.1. The summed E-state index contributed by atoms with van der Waals surface area (Å²) in [4.78, 5) is 17.1. The van der Waals surface area contributed by atoms with Crippen LogP contribution in [0.5, 0.6) is 0 Å². The van der Waals surface area contributed by atoms with Crippen LogP contribution in [0.15, 0.2) is 51.0 Å². The molecule has 0 spiro atoms. The quantitative estimate of drug-likeness (QED) is 0.501. The molecule has 1 N–H and O–H groups in total. The number of rotatable bonds is 0. The topological polar surface area (TPSA) is 37.8 Å². The SMILES string of the molecule is Cc1cccc2c1-n1c(=S)[nH]c(=O)c3cccc(c31)S2. The Labute approximate surface area is 124 Å². The van der Waals surface area contributed by atoms with Gasteiger partial charge in [0.25, 0.3) is 5.56 Å². The number of hydrogen-bond acceptors (Lipinski definition) is 3. The highest BCUT2D eigenvalue weighted by molar-refractivity contribution is 7.99. The molecule has 98 valence electrons. The van der Waals surface area contributed by atoms with Crippen molar-refractivity contribution in [1.29, 1.82) is 0 Å². The van der Waals surface area contributed by atoms with E-state index in [1.54, 1.807) is 11.8 Å². The summed E-state index contributed by atoms with van der Waals surface area (Å²) in [6, 6.07) is 12.0. The number of nitrogens with zero attached hydrogens (tertiary/aromatic N) is 1. The average Bonchev–Trinajstić information content (AvgIpc) is 2.43. The van der Waals surface area contributed by atoms with Crippen molar-refractivity contribution in [2.24, 2.45) is 0 Å². The molecular formula is C15H10N2OS2. The molecular weight excluding hydrogens is 288 g/mol. The molecule has 0 saturated carbocycles. The van der Waals surface area contributed by atoms with E-state index in [1.165, 1.54) is 0 Å². The lowest BCUT2D eigenvalue weighted by atomic mass is 10.1. The van der Waals surface area contributed by atoms with Gasteiger partial charge in [0, 0.05) is 9.79 Å². The van der Waals surface area contributed by atoms with Crippen LogP contribution in [-0.2, 0) is 0 Å². The third-order valence-corrected chi connectivity index (χ3v) is 4.92. The van der Waals surface area contributed by atoms with Gasteiger partial charge >= 0.3 is 0 Å². The highest BCUT2D eigenvalue weighted by Crippen LogP contribution is 2.42. The lowest BCUT2D eigenvalue weighted by Crippen LogP contribution is -2.17. The first-order chi connectivity index (χ1) is 9.66. The first-order valence-corrected chi connectivity index (χ1v) is 7.45. The number of fused-ring (bicyclic) bond motifs is 2. The Morgan fingerprint density at radius 1 is 1.15 bits per heavy atom. The molecule has 20 heavy (non-hydrogen) atoms. The van der Waals surface area contributed by atoms with E-state index in [0.29, 0.717) is 10.2 Å². The number of para-hydroxylation sites is 2. The van der Waals surface area contributed by atoms with Crippen molar-refractivity contribution in [2.45, 2.75) is 16.7 Å². The van der Waals surface area contributed by atoms with Gasteiger partial charge in [0.15, 0.2) is 4.77 Å². The zero-order valence-electron chi connectivity index (χ0n) is 10.6. The van der Waals surface area contributed by atoms with Crippen LogP contribution in [0.2, 0.25) is 0 Å². The third-order valence-electron chi connectivity index (χ3n) is 3.54. The van der Waals surface area contributed by atoms with E-state index in [-0.39, 0.29) is 5.56 Å². The Hall–Kier alpha value is -1.85. The molecule has 0 fully saturated rings. The highest BCUT2D eigenvalue weighted by atomic mass is 32.2. The lowest BCUT2D eigenvalue weighted by Gasteiger charge is -2.23. The molecule has 0 saturated heterocycles. The van der Waals surface area contributed by atoms with Crippen molar-refractivity contribution in [1.82, 2.24) is 9.55 Å². The summed E-state index contributed by atoms with van der Waals surface area (Å²) < 4.78 is 2.44. The highest BCUT2D eigenvalue weighted by Gasteiger charge is 2.21. The van der Waals surface area contributed by atoms with Gasteiger partial charge in [0.05, 0.1) is 16.6 Å². The maximum atomic E-state index is 12.1. The van der Waals surface area contributed by atoms with Gasteiger partial charge in [0.1, 0.15) is 0 Å². The van der Waals surface area contributed by atoms with Crippen molar-refractivity contribution in [3.63, 3.8) is 0 Å². The van der Waals surface area contributed by atoms with Gasteiger partial charge in [-0.25, -0.2) is 0 Å². The van der Waals surface area contributed by atoms with E-state index < -0.39 is 0 Å². The van der Waals surface area contributed by atoms with Gasteiger partial charge in [-0.2, -0.15) is 0 Å². The van der Waals surface area contributed by atoms with Crippen LogP contribution < -0.4 is 5.56 Å². The van der Waals surface area contributed by atoms with Crippen LogP contribution in [0, 0.1) is 11.7 Å². The number of aromatic amines is 1. The number of benzene rings is 2. The molecule has 0 amide bonds. The fourth-order valence-corrected chi connectivity index (χ4v) is 4.13. The van der Waals surface area contributed by atoms with Gasteiger partial charge in [-0.05, 0) is 42.9 Å². The zero-order chi connectivity index (χ0) is 13.9. The number of H-pyrrole nitrogens is 1. The van der Waals surface area contributed by atoms with Crippen molar-refractivity contribution in [2.75, 3.05) is 0 Å². The van der Waals surface area contributed by atoms with Crippen LogP contribution >= 0.6 is 24.0 Å². The second kappa shape index (κ2) is 4.07. The minimum Gasteiger partial charge on any atom is -0.298 e. The molecule has 0 unspecified atom stereocenters. The normalized spacial score (nSPS) is 12.4. The maximum Gasteiger partial charge on any atom is 0.259 e. The minimum atomic E-state index is -0.124. The molecule has 3 aromatic rings. The Morgan fingerprint density at radius 3 is 2.75 bits per heavy atom. The number of aromatic nitrogens is 2. The zero-order valence-corrected chi connectivity index (χ0v) is 12.3. The van der Waals surface area contributed by atoms with Crippen LogP contribution in [0.3, 0.4) is 0 Å². The number of nitrogens with one attached hydrogen (secondary N) is 1. The second-order valence-corrected chi connectivity index (χ2v) is 6.24. The summed E-state index contributed by atoms with van der Waals surface area (Å²) in [5, 5.41) is 0.678. The van der Waals surface area contributed by atoms with E-state index in [2.05, 4.69) is 24.0 Å². The number of aryl methyl sites for hydroxylation is 1. The first kappa shape index (κ1) is 11.9. The van der Waals surface area contributed by atoms with Gasteiger partial charge in [-0.1, -0.05) is 30.0 Å². The predicted molar refractivity (Wildman–Crippen MR) is 83.6 cm³/mol. The number of hydrogen-bond donors (Lipinski definition) is 1. The Kier molecular flexibility index (Phi) is 2.43. The summed E-state index contributed by atoms with van der Waals surface area (Å²) in [7, 11) is 0. The fraction of sp³-hybridized carbons (Fsp3) is 0.0667. The minimum absolute atomic E-state index is 0.124. The Morgan fingerprint density at radius 2 is 1.90 bits per heavy atom. The molecule has 0 bridgehead atoms. The smallest absolute Gasteiger partial charge is 0.259 e. The van der Waals surface area contributed by atoms with E-state index in [4.69, 9.17) is 12.2 Å². The Bertz CT molecular complexity index is 985. The van der Waals surface area contributed by atoms with E-state index >= 15 is 0 Å². The van der Waals surface area contributed by atoms with Crippen LogP contribution in [0.4, 0.5) is 0 Å². The summed E-state index contributed by atoms with van der Waals surface area (Å²) in [6.07, 6.45) is 0. The van der Waals surface area contributed by atoms with Crippen molar-refractivity contribution < 1.29 is 0 Å². The van der Waals surface area contributed by atoms with Gasteiger partial charge < -0.3 is 0 Å². The monoisotopic (exact) mass is 298 g/mol. The Balaban J connectivity index is 2.34. The largest absolute Gasteiger partial charge is 0.298 e. The molecule has 3 nitrogen and oxygen atoms in total. The molecule has 4 rings (SSSR count). The predicted octanol–water partition coefficient (Wildman–Crippen LogP) is 3.82. The standard InChI is InChI=1S/C15H10N2OS2/c1-8-4-2-6-10-12(8)17-13-9(14(18)16-15(17)19)5-3-7-11(13)20-10/h2-7H,1H3,(H,16,18,19). The van der Waals surface area contributed by atoms with Gasteiger partial charge in [-0.3, -0.25) is 14.3 Å². The van der Waals surface area contributed by atoms with E-state index in [1.807, 2.05) is 28.8 Å². The summed E-state index contributed by atoms with van der Waals surface area (Å²) in [6.45, 7) is 2.06. The average molecular weight is 298 g/mol. The van der Waals surface area contributed by atoms with Gasteiger partial charge in [0.2, 0.25) is 0 Å². The first-order valence-electron chi connectivity index (χ1n) is 6.23. The molecule has 1 aliphatic rings. The molecule has 0 radical (unpaired) electrons. The molecule has 0 atom stereocenters. The van der Waals surface area contributed by atoms with Crippen molar-refractivity contribution in [3.05, 3.63) is 57.1 Å². The second-order valence-electron chi connectivity index (χ2n) is 4.77. The van der Waals surface area contributed by atoms with Crippen LogP contribution in [-0.4, -0.2) is 9.55 Å². The van der Waals surface area contributed by atoms with Crippen molar-refractivity contribution in [3.8, 4) is 5.69 Å². The third kappa shape index (κ3) is 1.47. The van der Waals surface area contributed by atoms with E-state index in [0.717, 1.165) is 26.6 Å². The van der Waals surface area contributed by atoms with Crippen LogP contribution in [0.1, 0.15) is 5.56 Å². The van der Waals surface area contributed by atoms with Crippen LogP contribution in [0.25, 0.3) is 16.6 Å². The van der Waals surface area contributed by atoms with Gasteiger partial charge in [-0.15, -0.1) is 0 Å². The molecule has 0 aliphatic carbocycles. The molecule has 2 aromatic carbocycles. The molecule has 2 heterocycles. The molecule has 5 heteroatoms. The van der Waals surface area contributed by atoms with E-state index in [9.17, 15) is 4.79 Å². The molecule has 1 aliphatic heterocycles. The summed E-state index contributed by atoms with van der Waals surface area (Å²) >= 11 is 7.08.